The van der Waals surface area contributed by atoms with Crippen molar-refractivity contribution in [3.8, 4) is 0 Å². The average Bonchev–Trinajstić information content (AvgIpc) is 2.43. The Balaban J connectivity index is 2.20. The maximum atomic E-state index is 6.43. The third-order valence-electron chi connectivity index (χ3n) is 3.28. The minimum Gasteiger partial charge on any atom is -0.310 e. The molecule has 2 aromatic carbocycles. The quantitative estimate of drug-likeness (QED) is 0.786. The fraction of sp³-hybridized carbons (Fsp3) is 0.294. The van der Waals surface area contributed by atoms with E-state index in [4.69, 9.17) is 11.6 Å². The zero-order valence-corrected chi connectivity index (χ0v) is 13.7. The number of hydrogen-bond donors (Lipinski definition) is 1. The molecular weight excluding hydrogens is 286 g/mol. The van der Waals surface area contributed by atoms with Gasteiger partial charge in [0.15, 0.2) is 0 Å². The Labute approximate surface area is 130 Å². The van der Waals surface area contributed by atoms with Gasteiger partial charge >= 0.3 is 0 Å². The molecule has 0 spiro atoms. The number of nitrogens with one attached hydrogen (secondary N) is 1. The third-order valence-corrected chi connectivity index (χ3v) is 4.96. The number of benzene rings is 2. The summed E-state index contributed by atoms with van der Waals surface area (Å²) in [6.45, 7) is 7.35. The van der Waals surface area contributed by atoms with Gasteiger partial charge in [0.05, 0.1) is 5.02 Å². The van der Waals surface area contributed by atoms with E-state index in [0.717, 1.165) is 16.5 Å². The van der Waals surface area contributed by atoms with Gasteiger partial charge in [-0.3, -0.25) is 0 Å². The highest BCUT2D eigenvalue weighted by Gasteiger charge is 2.09. The molecule has 0 bridgehead atoms. The smallest absolute Gasteiger partial charge is 0.0548 e. The molecule has 1 atom stereocenters. The normalized spacial score (nSPS) is 12.4. The van der Waals surface area contributed by atoms with Crippen LogP contribution in [-0.2, 0) is 0 Å². The summed E-state index contributed by atoms with van der Waals surface area (Å²) in [5.41, 5.74) is 2.50. The lowest BCUT2D eigenvalue weighted by Gasteiger charge is -2.14. The van der Waals surface area contributed by atoms with Crippen molar-refractivity contribution in [2.24, 2.45) is 0 Å². The lowest BCUT2D eigenvalue weighted by molar-refractivity contribution is 0.598. The standard InChI is InChI=1S/C17H20ClNS/c1-4-19-13(3)14-9-10-17(15(18)11-14)20-16-8-6-5-7-12(16)2/h5-11,13,19H,4H2,1-3H3. The lowest BCUT2D eigenvalue weighted by atomic mass is 10.1. The summed E-state index contributed by atoms with van der Waals surface area (Å²) in [6, 6.07) is 15.0. The molecule has 1 N–H and O–H groups in total. The summed E-state index contributed by atoms with van der Waals surface area (Å²) < 4.78 is 0. The summed E-state index contributed by atoms with van der Waals surface area (Å²) in [6.07, 6.45) is 0. The first-order chi connectivity index (χ1) is 9.61. The second-order valence-corrected chi connectivity index (χ2v) is 6.33. The molecule has 2 rings (SSSR count). The van der Waals surface area contributed by atoms with Crippen LogP contribution in [0.25, 0.3) is 0 Å². The molecule has 0 aliphatic heterocycles. The van der Waals surface area contributed by atoms with Gasteiger partial charge in [-0.1, -0.05) is 54.6 Å². The van der Waals surface area contributed by atoms with Crippen LogP contribution in [0, 0.1) is 6.92 Å². The van der Waals surface area contributed by atoms with Crippen molar-refractivity contribution in [3.05, 3.63) is 58.6 Å². The second-order valence-electron chi connectivity index (χ2n) is 4.84. The van der Waals surface area contributed by atoms with Crippen LogP contribution in [0.4, 0.5) is 0 Å². The van der Waals surface area contributed by atoms with Crippen molar-refractivity contribution in [2.45, 2.75) is 36.6 Å². The zero-order valence-electron chi connectivity index (χ0n) is 12.1. The van der Waals surface area contributed by atoms with Crippen molar-refractivity contribution in [3.63, 3.8) is 0 Å². The molecule has 20 heavy (non-hydrogen) atoms. The average molecular weight is 306 g/mol. The van der Waals surface area contributed by atoms with Gasteiger partial charge in [-0.25, -0.2) is 0 Å². The highest BCUT2D eigenvalue weighted by Crippen LogP contribution is 2.36. The number of aryl methyl sites for hydroxylation is 1. The minimum absolute atomic E-state index is 0.329. The van der Waals surface area contributed by atoms with E-state index in [2.05, 4.69) is 68.6 Å². The Hall–Kier alpha value is -0.960. The van der Waals surface area contributed by atoms with E-state index >= 15 is 0 Å². The first-order valence-electron chi connectivity index (χ1n) is 6.88. The van der Waals surface area contributed by atoms with E-state index in [1.807, 2.05) is 0 Å². The summed E-state index contributed by atoms with van der Waals surface area (Å²) >= 11 is 8.15. The monoisotopic (exact) mass is 305 g/mol. The van der Waals surface area contributed by atoms with Gasteiger partial charge < -0.3 is 5.32 Å². The second kappa shape index (κ2) is 7.16. The summed E-state index contributed by atoms with van der Waals surface area (Å²) in [5, 5.41) is 4.22. The van der Waals surface area contributed by atoms with Crippen LogP contribution < -0.4 is 5.32 Å². The molecule has 0 aromatic heterocycles. The van der Waals surface area contributed by atoms with Gasteiger partial charge in [0.2, 0.25) is 0 Å². The highest BCUT2D eigenvalue weighted by molar-refractivity contribution is 7.99. The molecule has 0 fully saturated rings. The van der Waals surface area contributed by atoms with Gasteiger partial charge in [0.1, 0.15) is 0 Å². The van der Waals surface area contributed by atoms with Crippen molar-refractivity contribution < 1.29 is 0 Å². The molecule has 1 unspecified atom stereocenters. The van der Waals surface area contributed by atoms with Crippen LogP contribution in [0.3, 0.4) is 0 Å². The number of rotatable bonds is 5. The molecule has 106 valence electrons. The van der Waals surface area contributed by atoms with Crippen molar-refractivity contribution >= 4 is 23.4 Å². The Bertz CT molecular complexity index is 583. The number of halogens is 1. The summed E-state index contributed by atoms with van der Waals surface area (Å²) in [5.74, 6) is 0. The third kappa shape index (κ3) is 3.78. The van der Waals surface area contributed by atoms with Crippen LogP contribution in [-0.4, -0.2) is 6.54 Å². The van der Waals surface area contributed by atoms with Crippen molar-refractivity contribution in [1.82, 2.24) is 5.32 Å². The Kier molecular flexibility index (Phi) is 5.53. The van der Waals surface area contributed by atoms with E-state index in [0.29, 0.717) is 6.04 Å². The van der Waals surface area contributed by atoms with Gasteiger partial charge in [-0.05, 0) is 49.7 Å². The van der Waals surface area contributed by atoms with Gasteiger partial charge in [-0.15, -0.1) is 0 Å². The van der Waals surface area contributed by atoms with Crippen molar-refractivity contribution in [2.75, 3.05) is 6.54 Å². The zero-order chi connectivity index (χ0) is 14.5. The van der Waals surface area contributed by atoms with Crippen LogP contribution in [0.5, 0.6) is 0 Å². The lowest BCUT2D eigenvalue weighted by Crippen LogP contribution is -2.17. The van der Waals surface area contributed by atoms with Gasteiger partial charge in [-0.2, -0.15) is 0 Å². The molecule has 0 aliphatic carbocycles. The molecule has 0 saturated carbocycles. The molecule has 0 amide bonds. The fourth-order valence-corrected chi connectivity index (χ4v) is 3.29. The minimum atomic E-state index is 0.329. The topological polar surface area (TPSA) is 12.0 Å². The SMILES string of the molecule is CCNC(C)c1ccc(Sc2ccccc2C)c(Cl)c1. The van der Waals surface area contributed by atoms with Crippen LogP contribution in [0.15, 0.2) is 52.3 Å². The van der Waals surface area contributed by atoms with E-state index in [1.165, 1.54) is 16.0 Å². The maximum absolute atomic E-state index is 6.43. The van der Waals surface area contributed by atoms with E-state index in [-0.39, 0.29) is 0 Å². The molecule has 0 saturated heterocycles. The van der Waals surface area contributed by atoms with Crippen molar-refractivity contribution in [1.29, 1.82) is 0 Å². The predicted molar refractivity (Wildman–Crippen MR) is 88.8 cm³/mol. The summed E-state index contributed by atoms with van der Waals surface area (Å²) in [4.78, 5) is 2.36. The van der Waals surface area contributed by atoms with Crippen LogP contribution in [0.1, 0.15) is 31.0 Å². The largest absolute Gasteiger partial charge is 0.310 e. The Morgan fingerprint density at radius 1 is 1.15 bits per heavy atom. The van der Waals surface area contributed by atoms with Crippen LogP contribution in [0.2, 0.25) is 5.02 Å². The first kappa shape index (κ1) is 15.4. The van der Waals surface area contributed by atoms with E-state index in [9.17, 15) is 0 Å². The van der Waals surface area contributed by atoms with Crippen LogP contribution >= 0.6 is 23.4 Å². The van der Waals surface area contributed by atoms with E-state index in [1.54, 1.807) is 11.8 Å². The first-order valence-corrected chi connectivity index (χ1v) is 8.07. The fourth-order valence-electron chi connectivity index (χ4n) is 2.08. The predicted octanol–water partition coefficient (Wildman–Crippen LogP) is 5.47. The molecule has 3 heteroatoms. The van der Waals surface area contributed by atoms with E-state index < -0.39 is 0 Å². The molecule has 1 nitrogen and oxygen atoms in total. The molecule has 0 aliphatic rings. The van der Waals surface area contributed by atoms with Gasteiger partial charge in [0, 0.05) is 15.8 Å². The summed E-state index contributed by atoms with van der Waals surface area (Å²) in [7, 11) is 0. The molecular formula is C17H20ClNS. The molecule has 2 aromatic rings. The Morgan fingerprint density at radius 2 is 1.90 bits per heavy atom. The molecule has 0 heterocycles. The molecule has 0 radical (unpaired) electrons. The Morgan fingerprint density at radius 3 is 2.55 bits per heavy atom. The van der Waals surface area contributed by atoms with Gasteiger partial charge in [0.25, 0.3) is 0 Å². The maximum Gasteiger partial charge on any atom is 0.0548 e. The number of hydrogen-bond acceptors (Lipinski definition) is 2. The highest BCUT2D eigenvalue weighted by atomic mass is 35.5.